The highest BCUT2D eigenvalue weighted by molar-refractivity contribution is 5.80. The molecule has 0 atom stereocenters. The molecule has 1 aliphatic heterocycles. The fourth-order valence-electron chi connectivity index (χ4n) is 1.52. The van der Waals surface area contributed by atoms with Gasteiger partial charge in [-0.25, -0.2) is 0 Å². The number of rotatable bonds is 3. The summed E-state index contributed by atoms with van der Waals surface area (Å²) in [4.78, 5) is 8.42. The van der Waals surface area contributed by atoms with Crippen LogP contribution < -0.4 is 10.6 Å². The molecule has 0 radical (unpaired) electrons. The van der Waals surface area contributed by atoms with Gasteiger partial charge < -0.3 is 10.6 Å². The maximum absolute atomic E-state index is 4.34. The smallest absolute Gasteiger partial charge is 0.191 e. The van der Waals surface area contributed by atoms with Gasteiger partial charge in [-0.1, -0.05) is 6.07 Å². The molecular formula is C11H16N4. The van der Waals surface area contributed by atoms with Crippen LogP contribution in [0.15, 0.2) is 29.5 Å². The molecule has 0 unspecified atom stereocenters. The lowest BCUT2D eigenvalue weighted by molar-refractivity contribution is 0.700. The lowest BCUT2D eigenvalue weighted by Crippen LogP contribution is -2.41. The Kier molecular flexibility index (Phi) is 3.54. The Balaban J connectivity index is 1.73. The van der Waals surface area contributed by atoms with Gasteiger partial charge in [0, 0.05) is 32.0 Å². The molecule has 2 rings (SSSR count). The van der Waals surface area contributed by atoms with Crippen molar-refractivity contribution in [3.63, 3.8) is 0 Å². The van der Waals surface area contributed by atoms with Gasteiger partial charge in [-0.3, -0.25) is 9.98 Å². The van der Waals surface area contributed by atoms with E-state index >= 15 is 0 Å². The van der Waals surface area contributed by atoms with Gasteiger partial charge in [0.2, 0.25) is 0 Å². The summed E-state index contributed by atoms with van der Waals surface area (Å²) in [5, 5.41) is 6.51. The minimum atomic E-state index is 0.900. The number of hydrogen-bond donors (Lipinski definition) is 2. The molecule has 4 nitrogen and oxygen atoms in total. The molecule has 0 saturated carbocycles. The van der Waals surface area contributed by atoms with Crippen molar-refractivity contribution in [2.45, 2.75) is 12.8 Å². The fourth-order valence-corrected chi connectivity index (χ4v) is 1.52. The maximum atomic E-state index is 4.34. The molecule has 0 fully saturated rings. The SMILES string of the molecule is c1cncc(CCNC2=NCCCN2)c1. The van der Waals surface area contributed by atoms with E-state index in [2.05, 4.69) is 26.7 Å². The van der Waals surface area contributed by atoms with Crippen molar-refractivity contribution in [3.05, 3.63) is 30.1 Å². The number of aromatic nitrogens is 1. The molecule has 1 aromatic heterocycles. The quantitative estimate of drug-likeness (QED) is 0.756. The molecule has 15 heavy (non-hydrogen) atoms. The van der Waals surface area contributed by atoms with E-state index in [0.29, 0.717) is 0 Å². The van der Waals surface area contributed by atoms with E-state index in [-0.39, 0.29) is 0 Å². The molecule has 0 amide bonds. The predicted octanol–water partition coefficient (Wildman–Crippen LogP) is 0.563. The normalized spacial score (nSPS) is 15.3. The summed E-state index contributed by atoms with van der Waals surface area (Å²) in [7, 11) is 0. The molecular weight excluding hydrogens is 188 g/mol. The highest BCUT2D eigenvalue weighted by Crippen LogP contribution is 1.95. The van der Waals surface area contributed by atoms with E-state index in [1.54, 1.807) is 6.20 Å². The summed E-state index contributed by atoms with van der Waals surface area (Å²) in [5.74, 6) is 0.935. The lowest BCUT2D eigenvalue weighted by Gasteiger charge is -2.15. The number of aliphatic imine (C=N–C) groups is 1. The van der Waals surface area contributed by atoms with Gasteiger partial charge in [-0.05, 0) is 24.5 Å². The van der Waals surface area contributed by atoms with Gasteiger partial charge in [-0.15, -0.1) is 0 Å². The van der Waals surface area contributed by atoms with Crippen molar-refractivity contribution in [2.75, 3.05) is 19.6 Å². The molecule has 1 aromatic rings. The molecule has 0 bridgehead atoms. The number of pyridine rings is 1. The second-order valence-corrected chi connectivity index (χ2v) is 3.55. The van der Waals surface area contributed by atoms with E-state index in [1.807, 2.05) is 12.3 Å². The summed E-state index contributed by atoms with van der Waals surface area (Å²) in [6.45, 7) is 2.86. The fraction of sp³-hybridized carbons (Fsp3) is 0.455. The van der Waals surface area contributed by atoms with Gasteiger partial charge in [0.05, 0.1) is 0 Å². The van der Waals surface area contributed by atoms with Crippen molar-refractivity contribution >= 4 is 5.96 Å². The Morgan fingerprint density at radius 2 is 2.47 bits per heavy atom. The second-order valence-electron chi connectivity index (χ2n) is 3.55. The monoisotopic (exact) mass is 204 g/mol. The standard InChI is InChI=1S/C11H16N4/c1-3-10(9-12-5-1)4-8-15-11-13-6-2-7-14-11/h1,3,5,9H,2,4,6-8H2,(H2,13,14,15). The Hall–Kier alpha value is -1.58. The van der Waals surface area contributed by atoms with Crippen LogP contribution in [0, 0.1) is 0 Å². The zero-order valence-electron chi connectivity index (χ0n) is 8.74. The third-order valence-corrected chi connectivity index (χ3v) is 2.33. The lowest BCUT2D eigenvalue weighted by atomic mass is 10.2. The van der Waals surface area contributed by atoms with E-state index in [9.17, 15) is 0 Å². The van der Waals surface area contributed by atoms with Crippen molar-refractivity contribution in [1.29, 1.82) is 0 Å². The summed E-state index contributed by atoms with van der Waals surface area (Å²) >= 11 is 0. The zero-order chi connectivity index (χ0) is 10.3. The molecule has 2 heterocycles. The van der Waals surface area contributed by atoms with E-state index in [1.165, 1.54) is 5.56 Å². The van der Waals surface area contributed by atoms with Gasteiger partial charge in [-0.2, -0.15) is 0 Å². The molecule has 0 saturated heterocycles. The minimum absolute atomic E-state index is 0.900. The molecule has 1 aliphatic rings. The van der Waals surface area contributed by atoms with Crippen LogP contribution >= 0.6 is 0 Å². The predicted molar refractivity (Wildman–Crippen MR) is 60.9 cm³/mol. The summed E-state index contributed by atoms with van der Waals surface area (Å²) in [5.41, 5.74) is 1.25. The van der Waals surface area contributed by atoms with Crippen LogP contribution in [0.1, 0.15) is 12.0 Å². The Bertz CT molecular complexity index is 321. The first kappa shape index (κ1) is 9.96. The first-order chi connectivity index (χ1) is 7.45. The van der Waals surface area contributed by atoms with Gasteiger partial charge in [0.25, 0.3) is 0 Å². The Morgan fingerprint density at radius 1 is 1.47 bits per heavy atom. The third kappa shape index (κ3) is 3.23. The van der Waals surface area contributed by atoms with Crippen molar-refractivity contribution in [1.82, 2.24) is 15.6 Å². The van der Waals surface area contributed by atoms with E-state index in [4.69, 9.17) is 0 Å². The Labute approximate surface area is 89.8 Å². The third-order valence-electron chi connectivity index (χ3n) is 2.33. The molecule has 2 N–H and O–H groups in total. The largest absolute Gasteiger partial charge is 0.356 e. The van der Waals surface area contributed by atoms with Crippen LogP contribution in [0.25, 0.3) is 0 Å². The van der Waals surface area contributed by atoms with Gasteiger partial charge >= 0.3 is 0 Å². The topological polar surface area (TPSA) is 49.3 Å². The van der Waals surface area contributed by atoms with E-state index in [0.717, 1.165) is 38.4 Å². The maximum Gasteiger partial charge on any atom is 0.191 e. The molecule has 80 valence electrons. The summed E-state index contributed by atoms with van der Waals surface area (Å²) < 4.78 is 0. The van der Waals surface area contributed by atoms with Gasteiger partial charge in [0.15, 0.2) is 5.96 Å². The van der Waals surface area contributed by atoms with Gasteiger partial charge in [0.1, 0.15) is 0 Å². The van der Waals surface area contributed by atoms with Crippen molar-refractivity contribution < 1.29 is 0 Å². The van der Waals surface area contributed by atoms with E-state index < -0.39 is 0 Å². The van der Waals surface area contributed by atoms with Crippen LogP contribution in [-0.2, 0) is 6.42 Å². The molecule has 0 aromatic carbocycles. The second kappa shape index (κ2) is 5.34. The number of guanidine groups is 1. The van der Waals surface area contributed by atoms with Crippen LogP contribution in [0.2, 0.25) is 0 Å². The summed E-state index contributed by atoms with van der Waals surface area (Å²) in [6, 6.07) is 4.05. The van der Waals surface area contributed by atoms with Crippen molar-refractivity contribution in [2.24, 2.45) is 4.99 Å². The number of nitrogens with one attached hydrogen (secondary N) is 2. The number of nitrogens with zero attached hydrogens (tertiary/aromatic N) is 2. The number of hydrogen-bond acceptors (Lipinski definition) is 4. The highest BCUT2D eigenvalue weighted by atomic mass is 15.2. The average Bonchev–Trinajstić information content (AvgIpc) is 2.32. The molecule has 0 spiro atoms. The van der Waals surface area contributed by atoms with Crippen LogP contribution in [-0.4, -0.2) is 30.6 Å². The molecule has 0 aliphatic carbocycles. The van der Waals surface area contributed by atoms with Crippen LogP contribution in [0.3, 0.4) is 0 Å². The molecule has 4 heteroatoms. The summed E-state index contributed by atoms with van der Waals surface area (Å²) in [6.07, 6.45) is 5.81. The minimum Gasteiger partial charge on any atom is -0.356 e. The van der Waals surface area contributed by atoms with Crippen LogP contribution in [0.4, 0.5) is 0 Å². The average molecular weight is 204 g/mol. The van der Waals surface area contributed by atoms with Crippen molar-refractivity contribution in [3.8, 4) is 0 Å². The first-order valence-corrected chi connectivity index (χ1v) is 5.36. The highest BCUT2D eigenvalue weighted by Gasteiger charge is 2.01. The first-order valence-electron chi connectivity index (χ1n) is 5.36. The van der Waals surface area contributed by atoms with Crippen LogP contribution in [0.5, 0.6) is 0 Å². The Morgan fingerprint density at radius 3 is 3.20 bits per heavy atom. The zero-order valence-corrected chi connectivity index (χ0v) is 8.74.